The smallest absolute Gasteiger partial charge is 0.158 e. The van der Waals surface area contributed by atoms with Crippen LogP contribution in [0.2, 0.25) is 0 Å². The Hall–Kier alpha value is -1.38. The third kappa shape index (κ3) is 1.51. The molecule has 0 atom stereocenters. The van der Waals surface area contributed by atoms with Gasteiger partial charge in [0.1, 0.15) is 0 Å². The quantitative estimate of drug-likeness (QED) is 0.731. The summed E-state index contributed by atoms with van der Waals surface area (Å²) in [6, 6.07) is 4.67. The van der Waals surface area contributed by atoms with E-state index in [4.69, 9.17) is 0 Å². The van der Waals surface area contributed by atoms with E-state index in [-0.39, 0.29) is 0 Å². The van der Waals surface area contributed by atoms with Crippen LogP contribution in [0.3, 0.4) is 0 Å². The van der Waals surface area contributed by atoms with Gasteiger partial charge in [0.2, 0.25) is 0 Å². The van der Waals surface area contributed by atoms with Crippen molar-refractivity contribution in [3.8, 4) is 0 Å². The molecule has 2 aromatic heterocycles. The second-order valence-electron chi connectivity index (χ2n) is 4.70. The Morgan fingerprint density at radius 2 is 2.06 bits per heavy atom. The summed E-state index contributed by atoms with van der Waals surface area (Å²) in [7, 11) is 0. The number of hydrogen-bond donors (Lipinski definition) is 0. The second-order valence-corrected chi connectivity index (χ2v) is 4.70. The Labute approximate surface area is 95.5 Å². The lowest BCUT2D eigenvalue weighted by atomic mass is 9.96. The van der Waals surface area contributed by atoms with Crippen LogP contribution in [0.4, 0.5) is 0 Å². The number of fused-ring (bicyclic) bond motifs is 1. The van der Waals surface area contributed by atoms with Gasteiger partial charge in [-0.1, -0.05) is 19.3 Å². The van der Waals surface area contributed by atoms with Crippen molar-refractivity contribution >= 4 is 11.0 Å². The summed E-state index contributed by atoms with van der Waals surface area (Å²) in [4.78, 5) is 4.48. The number of aromatic nitrogens is 3. The van der Waals surface area contributed by atoms with E-state index in [1.165, 1.54) is 37.5 Å². The standard InChI is InChI=1S/C13H17N3/c1-10-12-8-5-9-14-13(12)16(15-10)11-6-3-2-4-7-11/h5,8-9,11H,2-4,6-7H2,1H3. The van der Waals surface area contributed by atoms with Crippen molar-refractivity contribution in [1.29, 1.82) is 0 Å². The van der Waals surface area contributed by atoms with E-state index in [0.29, 0.717) is 6.04 Å². The van der Waals surface area contributed by atoms with Crippen molar-refractivity contribution in [2.75, 3.05) is 0 Å². The zero-order valence-corrected chi connectivity index (χ0v) is 9.69. The predicted octanol–water partition coefficient (Wildman–Crippen LogP) is 3.24. The van der Waals surface area contributed by atoms with Crippen LogP contribution in [0.5, 0.6) is 0 Å². The molecular weight excluding hydrogens is 198 g/mol. The zero-order chi connectivity index (χ0) is 11.0. The molecule has 1 fully saturated rings. The monoisotopic (exact) mass is 215 g/mol. The van der Waals surface area contributed by atoms with Crippen LogP contribution in [0.25, 0.3) is 11.0 Å². The maximum absolute atomic E-state index is 4.67. The number of hydrogen-bond acceptors (Lipinski definition) is 2. The first-order valence-electron chi connectivity index (χ1n) is 6.16. The van der Waals surface area contributed by atoms with Gasteiger partial charge in [-0.2, -0.15) is 5.10 Å². The average molecular weight is 215 g/mol. The van der Waals surface area contributed by atoms with Crippen LogP contribution in [-0.2, 0) is 0 Å². The van der Waals surface area contributed by atoms with Gasteiger partial charge in [-0.15, -0.1) is 0 Å². The molecule has 0 spiro atoms. The van der Waals surface area contributed by atoms with Crippen LogP contribution in [0.1, 0.15) is 43.8 Å². The van der Waals surface area contributed by atoms with Crippen molar-refractivity contribution in [3.63, 3.8) is 0 Å². The van der Waals surface area contributed by atoms with Gasteiger partial charge in [-0.05, 0) is 31.9 Å². The lowest BCUT2D eigenvalue weighted by molar-refractivity contribution is 0.335. The van der Waals surface area contributed by atoms with Gasteiger partial charge in [0.05, 0.1) is 11.7 Å². The molecule has 0 aromatic carbocycles. The molecule has 0 bridgehead atoms. The second kappa shape index (κ2) is 3.89. The minimum absolute atomic E-state index is 0.569. The molecule has 3 heteroatoms. The van der Waals surface area contributed by atoms with Crippen molar-refractivity contribution in [3.05, 3.63) is 24.0 Å². The van der Waals surface area contributed by atoms with Crippen molar-refractivity contribution in [2.24, 2.45) is 0 Å². The fraction of sp³-hybridized carbons (Fsp3) is 0.538. The topological polar surface area (TPSA) is 30.7 Å². The third-order valence-electron chi connectivity index (χ3n) is 3.57. The Morgan fingerprint density at radius 1 is 1.25 bits per heavy atom. The molecule has 3 nitrogen and oxygen atoms in total. The summed E-state index contributed by atoms with van der Waals surface area (Å²) in [5.74, 6) is 0. The molecule has 16 heavy (non-hydrogen) atoms. The van der Waals surface area contributed by atoms with Gasteiger partial charge >= 0.3 is 0 Å². The summed E-state index contributed by atoms with van der Waals surface area (Å²) in [5.41, 5.74) is 2.17. The van der Waals surface area contributed by atoms with Crippen LogP contribution in [0.15, 0.2) is 18.3 Å². The summed E-state index contributed by atoms with van der Waals surface area (Å²) >= 11 is 0. The van der Waals surface area contributed by atoms with Crippen molar-refractivity contribution < 1.29 is 0 Å². The van der Waals surface area contributed by atoms with E-state index in [0.717, 1.165) is 11.3 Å². The van der Waals surface area contributed by atoms with E-state index in [1.54, 1.807) is 0 Å². The molecular formula is C13H17N3. The number of rotatable bonds is 1. The maximum atomic E-state index is 4.67. The molecule has 0 amide bonds. The summed E-state index contributed by atoms with van der Waals surface area (Å²) in [5, 5.41) is 5.87. The van der Waals surface area contributed by atoms with Crippen molar-refractivity contribution in [1.82, 2.24) is 14.8 Å². The predicted molar refractivity (Wildman–Crippen MR) is 64.4 cm³/mol. The number of nitrogens with zero attached hydrogens (tertiary/aromatic N) is 3. The lowest BCUT2D eigenvalue weighted by Crippen LogP contribution is -2.14. The van der Waals surface area contributed by atoms with Crippen LogP contribution < -0.4 is 0 Å². The fourth-order valence-corrected chi connectivity index (χ4v) is 2.70. The molecule has 84 valence electrons. The number of aryl methyl sites for hydroxylation is 1. The summed E-state index contributed by atoms with van der Waals surface area (Å²) in [6.07, 6.45) is 8.42. The largest absolute Gasteiger partial charge is 0.244 e. The first-order valence-corrected chi connectivity index (χ1v) is 6.16. The van der Waals surface area contributed by atoms with E-state index in [1.807, 2.05) is 12.3 Å². The molecule has 1 saturated carbocycles. The Morgan fingerprint density at radius 3 is 2.88 bits per heavy atom. The van der Waals surface area contributed by atoms with Crippen molar-refractivity contribution in [2.45, 2.75) is 45.1 Å². The van der Waals surface area contributed by atoms with Gasteiger partial charge in [0.25, 0.3) is 0 Å². The minimum Gasteiger partial charge on any atom is -0.244 e. The molecule has 2 aromatic rings. The highest BCUT2D eigenvalue weighted by Gasteiger charge is 2.19. The highest BCUT2D eigenvalue weighted by atomic mass is 15.3. The van der Waals surface area contributed by atoms with E-state index in [9.17, 15) is 0 Å². The highest BCUT2D eigenvalue weighted by Crippen LogP contribution is 2.30. The van der Waals surface area contributed by atoms with Gasteiger partial charge in [-0.3, -0.25) is 0 Å². The highest BCUT2D eigenvalue weighted by molar-refractivity contribution is 5.77. The summed E-state index contributed by atoms with van der Waals surface area (Å²) < 4.78 is 2.16. The van der Waals surface area contributed by atoms with Crippen LogP contribution >= 0.6 is 0 Å². The molecule has 2 heterocycles. The maximum Gasteiger partial charge on any atom is 0.158 e. The Kier molecular flexibility index (Phi) is 2.39. The van der Waals surface area contributed by atoms with E-state index < -0.39 is 0 Å². The third-order valence-corrected chi connectivity index (χ3v) is 3.57. The first kappa shape index (κ1) is 9.82. The van der Waals surface area contributed by atoms with E-state index >= 15 is 0 Å². The Balaban J connectivity index is 2.08. The molecule has 0 aliphatic heterocycles. The first-order chi connectivity index (χ1) is 7.86. The van der Waals surface area contributed by atoms with Crippen LogP contribution in [-0.4, -0.2) is 14.8 Å². The fourth-order valence-electron chi connectivity index (χ4n) is 2.70. The number of pyridine rings is 1. The molecule has 0 radical (unpaired) electrons. The van der Waals surface area contributed by atoms with Crippen LogP contribution in [0, 0.1) is 6.92 Å². The van der Waals surface area contributed by atoms with Gasteiger partial charge in [0, 0.05) is 11.6 Å². The molecule has 1 aliphatic rings. The molecule has 0 N–H and O–H groups in total. The SMILES string of the molecule is Cc1nn(C2CCCCC2)c2ncccc12. The minimum atomic E-state index is 0.569. The average Bonchev–Trinajstić information content (AvgIpc) is 2.69. The normalized spacial score (nSPS) is 18.1. The molecule has 0 unspecified atom stereocenters. The van der Waals surface area contributed by atoms with Gasteiger partial charge < -0.3 is 0 Å². The molecule has 3 rings (SSSR count). The zero-order valence-electron chi connectivity index (χ0n) is 9.69. The van der Waals surface area contributed by atoms with Gasteiger partial charge in [-0.25, -0.2) is 9.67 Å². The molecule has 1 aliphatic carbocycles. The Bertz CT molecular complexity index is 495. The van der Waals surface area contributed by atoms with Gasteiger partial charge in [0.15, 0.2) is 5.65 Å². The lowest BCUT2D eigenvalue weighted by Gasteiger charge is -2.22. The summed E-state index contributed by atoms with van der Waals surface area (Å²) in [6.45, 7) is 2.07. The molecule has 0 saturated heterocycles. The van der Waals surface area contributed by atoms with E-state index in [2.05, 4.69) is 27.8 Å².